The quantitative estimate of drug-likeness (QED) is 0.690. The second-order valence-electron chi connectivity index (χ2n) is 4.08. The molecule has 4 nitrogen and oxygen atoms in total. The molecule has 0 N–H and O–H groups in total. The molecule has 0 amide bonds. The molecule has 0 bridgehead atoms. The van der Waals surface area contributed by atoms with Crippen LogP contribution in [0.2, 0.25) is 0 Å². The Kier molecular flexibility index (Phi) is 2.48. The molecule has 0 aliphatic carbocycles. The topological polar surface area (TPSA) is 39.9 Å². The van der Waals surface area contributed by atoms with E-state index in [0.29, 0.717) is 5.88 Å². The van der Waals surface area contributed by atoms with Crippen LogP contribution < -0.4 is 4.74 Å². The molecule has 0 fully saturated rings. The van der Waals surface area contributed by atoms with Gasteiger partial charge in [-0.1, -0.05) is 0 Å². The van der Waals surface area contributed by atoms with E-state index in [9.17, 15) is 0 Å². The maximum Gasteiger partial charge on any atom is 0.222 e. The third kappa shape index (κ3) is 1.54. The van der Waals surface area contributed by atoms with Gasteiger partial charge in [-0.05, 0) is 24.3 Å². The first-order chi connectivity index (χ1) is 8.81. The highest BCUT2D eigenvalue weighted by Crippen LogP contribution is 2.31. The number of rotatable bonds is 2. The lowest BCUT2D eigenvalue weighted by Crippen LogP contribution is -1.95. The van der Waals surface area contributed by atoms with Crippen molar-refractivity contribution in [2.45, 2.75) is 0 Å². The number of nitrogens with zero attached hydrogens (tertiary/aromatic N) is 3. The molecule has 90 valence electrons. The van der Waals surface area contributed by atoms with Crippen LogP contribution in [0.4, 0.5) is 0 Å². The van der Waals surface area contributed by atoms with Gasteiger partial charge in [0, 0.05) is 24.8 Å². The lowest BCUT2D eigenvalue weighted by molar-refractivity contribution is 0.399. The standard InChI is InChI=1S/C14H13N3O/c1-17-12(8-10-5-7-15-9-13(10)17)11-4-3-6-16-14(11)18-2/h3-9H,1-2H3. The van der Waals surface area contributed by atoms with Crippen molar-refractivity contribution in [3.63, 3.8) is 0 Å². The summed E-state index contributed by atoms with van der Waals surface area (Å²) in [6.45, 7) is 0. The van der Waals surface area contributed by atoms with E-state index < -0.39 is 0 Å². The van der Waals surface area contributed by atoms with Gasteiger partial charge in [0.1, 0.15) is 0 Å². The summed E-state index contributed by atoms with van der Waals surface area (Å²) in [5.74, 6) is 0.636. The number of ether oxygens (including phenoxy) is 1. The highest BCUT2D eigenvalue weighted by Gasteiger charge is 2.12. The number of fused-ring (bicyclic) bond motifs is 1. The minimum Gasteiger partial charge on any atom is -0.481 e. The number of hydrogen-bond donors (Lipinski definition) is 0. The molecule has 0 unspecified atom stereocenters. The molecule has 0 aliphatic heterocycles. The Hall–Kier alpha value is -2.36. The van der Waals surface area contributed by atoms with Crippen molar-refractivity contribution in [3.05, 3.63) is 42.9 Å². The molecule has 0 saturated carbocycles. The van der Waals surface area contributed by atoms with Crippen LogP contribution in [-0.4, -0.2) is 21.6 Å². The van der Waals surface area contributed by atoms with Gasteiger partial charge < -0.3 is 9.30 Å². The monoisotopic (exact) mass is 239 g/mol. The first kappa shape index (κ1) is 10.8. The smallest absolute Gasteiger partial charge is 0.222 e. The summed E-state index contributed by atoms with van der Waals surface area (Å²) in [6, 6.07) is 8.04. The van der Waals surface area contributed by atoms with Gasteiger partial charge in [0.15, 0.2) is 0 Å². The molecule has 3 aromatic heterocycles. The van der Waals surface area contributed by atoms with Gasteiger partial charge in [-0.2, -0.15) is 0 Å². The normalized spacial score (nSPS) is 10.8. The zero-order valence-electron chi connectivity index (χ0n) is 10.3. The molecule has 3 aromatic rings. The fourth-order valence-corrected chi connectivity index (χ4v) is 2.18. The van der Waals surface area contributed by atoms with Gasteiger partial charge in [-0.25, -0.2) is 4.98 Å². The molecular weight excluding hydrogens is 226 g/mol. The van der Waals surface area contributed by atoms with Crippen molar-refractivity contribution in [1.29, 1.82) is 0 Å². The summed E-state index contributed by atoms with van der Waals surface area (Å²) >= 11 is 0. The average molecular weight is 239 g/mol. The van der Waals surface area contributed by atoms with Crippen LogP contribution in [0.25, 0.3) is 22.2 Å². The molecule has 0 aliphatic rings. The van der Waals surface area contributed by atoms with E-state index in [-0.39, 0.29) is 0 Å². The summed E-state index contributed by atoms with van der Waals surface area (Å²) in [5.41, 5.74) is 3.15. The first-order valence-corrected chi connectivity index (χ1v) is 5.70. The van der Waals surface area contributed by atoms with Gasteiger partial charge in [-0.3, -0.25) is 4.98 Å². The van der Waals surface area contributed by atoms with Gasteiger partial charge in [0.25, 0.3) is 0 Å². The Morgan fingerprint density at radius 1 is 1.22 bits per heavy atom. The molecule has 0 saturated heterocycles. The van der Waals surface area contributed by atoms with E-state index >= 15 is 0 Å². The Bertz CT molecular complexity index is 703. The third-order valence-electron chi connectivity index (χ3n) is 3.09. The number of methoxy groups -OCH3 is 1. The van der Waals surface area contributed by atoms with Crippen LogP contribution >= 0.6 is 0 Å². The van der Waals surface area contributed by atoms with Crippen LogP contribution in [-0.2, 0) is 7.05 Å². The van der Waals surface area contributed by atoms with Gasteiger partial charge >= 0.3 is 0 Å². The zero-order chi connectivity index (χ0) is 12.5. The number of pyridine rings is 2. The van der Waals surface area contributed by atoms with Crippen LogP contribution in [0.15, 0.2) is 42.9 Å². The Balaban J connectivity index is 2.28. The summed E-state index contributed by atoms with van der Waals surface area (Å²) in [5, 5.41) is 1.16. The number of aromatic nitrogens is 3. The van der Waals surface area contributed by atoms with Gasteiger partial charge in [0.05, 0.1) is 30.1 Å². The van der Waals surface area contributed by atoms with E-state index in [1.807, 2.05) is 31.4 Å². The van der Waals surface area contributed by atoms with Crippen molar-refractivity contribution in [2.24, 2.45) is 7.05 Å². The molecule has 0 spiro atoms. The Morgan fingerprint density at radius 3 is 2.89 bits per heavy atom. The van der Waals surface area contributed by atoms with E-state index in [2.05, 4.69) is 20.6 Å². The summed E-state index contributed by atoms with van der Waals surface area (Å²) < 4.78 is 7.41. The third-order valence-corrected chi connectivity index (χ3v) is 3.09. The molecule has 0 atom stereocenters. The van der Waals surface area contributed by atoms with Gasteiger partial charge in [-0.15, -0.1) is 0 Å². The maximum atomic E-state index is 5.31. The Morgan fingerprint density at radius 2 is 2.11 bits per heavy atom. The molecule has 0 aromatic carbocycles. The van der Waals surface area contributed by atoms with E-state index in [4.69, 9.17) is 4.74 Å². The van der Waals surface area contributed by atoms with E-state index in [1.165, 1.54) is 0 Å². The van der Waals surface area contributed by atoms with Crippen LogP contribution in [0.3, 0.4) is 0 Å². The van der Waals surface area contributed by atoms with Crippen molar-refractivity contribution in [2.75, 3.05) is 7.11 Å². The van der Waals surface area contributed by atoms with Crippen molar-refractivity contribution < 1.29 is 4.74 Å². The number of aryl methyl sites for hydroxylation is 1. The minimum absolute atomic E-state index is 0.636. The Labute approximate surface area is 105 Å². The lowest BCUT2D eigenvalue weighted by Gasteiger charge is -2.08. The first-order valence-electron chi connectivity index (χ1n) is 5.70. The maximum absolute atomic E-state index is 5.31. The number of hydrogen-bond acceptors (Lipinski definition) is 3. The van der Waals surface area contributed by atoms with E-state index in [0.717, 1.165) is 22.2 Å². The van der Waals surface area contributed by atoms with Crippen molar-refractivity contribution in [3.8, 4) is 17.1 Å². The average Bonchev–Trinajstić information content (AvgIpc) is 2.76. The SMILES string of the molecule is COc1ncccc1-c1cc2ccncc2n1C. The molecule has 4 heteroatoms. The molecule has 0 radical (unpaired) electrons. The largest absolute Gasteiger partial charge is 0.481 e. The highest BCUT2D eigenvalue weighted by atomic mass is 16.5. The fraction of sp³-hybridized carbons (Fsp3) is 0.143. The fourth-order valence-electron chi connectivity index (χ4n) is 2.18. The van der Waals surface area contributed by atoms with Crippen LogP contribution in [0, 0.1) is 0 Å². The minimum atomic E-state index is 0.636. The molecule has 3 rings (SSSR count). The van der Waals surface area contributed by atoms with Gasteiger partial charge in [0.2, 0.25) is 5.88 Å². The summed E-state index contributed by atoms with van der Waals surface area (Å²) in [7, 11) is 3.65. The van der Waals surface area contributed by atoms with Crippen LogP contribution in [0.1, 0.15) is 0 Å². The van der Waals surface area contributed by atoms with E-state index in [1.54, 1.807) is 19.5 Å². The zero-order valence-corrected chi connectivity index (χ0v) is 10.3. The van der Waals surface area contributed by atoms with Crippen LogP contribution in [0.5, 0.6) is 5.88 Å². The predicted molar refractivity (Wildman–Crippen MR) is 70.5 cm³/mol. The molecule has 3 heterocycles. The summed E-state index contributed by atoms with van der Waals surface area (Å²) in [4.78, 5) is 8.39. The summed E-state index contributed by atoms with van der Waals surface area (Å²) in [6.07, 6.45) is 5.39. The highest BCUT2D eigenvalue weighted by molar-refractivity contribution is 5.87. The second kappa shape index (κ2) is 4.14. The second-order valence-corrected chi connectivity index (χ2v) is 4.08. The molecular formula is C14H13N3O. The lowest BCUT2D eigenvalue weighted by atomic mass is 10.2. The molecule has 18 heavy (non-hydrogen) atoms. The van der Waals surface area contributed by atoms with Crippen molar-refractivity contribution in [1.82, 2.24) is 14.5 Å². The van der Waals surface area contributed by atoms with Crippen molar-refractivity contribution >= 4 is 10.9 Å². The predicted octanol–water partition coefficient (Wildman–Crippen LogP) is 2.64.